The van der Waals surface area contributed by atoms with Crippen LogP contribution in [0.2, 0.25) is 0 Å². The molecule has 0 saturated heterocycles. The van der Waals surface area contributed by atoms with Crippen LogP contribution in [0.3, 0.4) is 0 Å². The summed E-state index contributed by atoms with van der Waals surface area (Å²) in [4.78, 5) is 24.2. The molecule has 0 spiro atoms. The predicted molar refractivity (Wildman–Crippen MR) is 149 cm³/mol. The second-order valence-electron chi connectivity index (χ2n) is 8.75. The first-order valence-corrected chi connectivity index (χ1v) is 13.0. The number of azo groups is 1. The molecule has 0 aromatic heterocycles. The molecule has 0 radical (unpaired) electrons. The Bertz CT molecular complexity index is 1260. The van der Waals surface area contributed by atoms with Crippen molar-refractivity contribution in [2.45, 2.75) is 39.5 Å². The van der Waals surface area contributed by atoms with Crippen molar-refractivity contribution < 1.29 is 28.5 Å². The molecule has 3 rings (SSSR count). The lowest BCUT2D eigenvalue weighted by molar-refractivity contribution is -0.139. The van der Waals surface area contributed by atoms with Crippen LogP contribution in [0.25, 0.3) is 0 Å². The number of rotatable bonds is 15. The van der Waals surface area contributed by atoms with Crippen molar-refractivity contribution in [1.29, 1.82) is 0 Å². The first-order valence-electron chi connectivity index (χ1n) is 13.0. The Morgan fingerprint density at radius 2 is 1.49 bits per heavy atom. The van der Waals surface area contributed by atoms with Crippen molar-refractivity contribution in [1.82, 2.24) is 0 Å². The maximum absolute atomic E-state index is 12.7. The molecule has 0 fully saturated rings. The van der Waals surface area contributed by atoms with E-state index in [2.05, 4.69) is 23.7 Å². The van der Waals surface area contributed by atoms with Crippen LogP contribution >= 0.6 is 0 Å². The molecule has 0 heterocycles. The fraction of sp³-hybridized carbons (Fsp3) is 0.290. The second-order valence-corrected chi connectivity index (χ2v) is 8.75. The lowest BCUT2D eigenvalue weighted by Crippen LogP contribution is -2.09. The third-order valence-corrected chi connectivity index (χ3v) is 5.41. The highest BCUT2D eigenvalue weighted by molar-refractivity contribution is 5.91. The van der Waals surface area contributed by atoms with Crippen LogP contribution in [-0.4, -0.2) is 31.8 Å². The van der Waals surface area contributed by atoms with E-state index in [1.165, 1.54) is 0 Å². The van der Waals surface area contributed by atoms with Crippen LogP contribution in [-0.2, 0) is 9.53 Å². The van der Waals surface area contributed by atoms with Crippen molar-refractivity contribution in [3.05, 3.63) is 90.5 Å². The van der Waals surface area contributed by atoms with E-state index in [4.69, 9.17) is 18.9 Å². The summed E-state index contributed by atoms with van der Waals surface area (Å²) in [5, 5.41) is 8.58. The van der Waals surface area contributed by atoms with E-state index in [1.807, 2.05) is 30.3 Å². The zero-order chi connectivity index (χ0) is 27.9. The van der Waals surface area contributed by atoms with E-state index in [0.29, 0.717) is 65.8 Å². The van der Waals surface area contributed by atoms with Crippen LogP contribution in [0.1, 0.15) is 49.9 Å². The largest absolute Gasteiger partial charge is 0.494 e. The van der Waals surface area contributed by atoms with Crippen LogP contribution in [0, 0.1) is 0 Å². The van der Waals surface area contributed by atoms with Gasteiger partial charge in [0.15, 0.2) is 5.75 Å². The molecule has 0 aliphatic carbocycles. The van der Waals surface area contributed by atoms with Crippen molar-refractivity contribution in [2.75, 3.05) is 19.8 Å². The second kappa shape index (κ2) is 15.7. The molecule has 8 nitrogen and oxygen atoms in total. The minimum absolute atomic E-state index is 0.274. The van der Waals surface area contributed by atoms with E-state index < -0.39 is 11.9 Å². The predicted octanol–water partition coefficient (Wildman–Crippen LogP) is 7.78. The maximum atomic E-state index is 12.7. The van der Waals surface area contributed by atoms with Gasteiger partial charge in [0.05, 0.1) is 31.1 Å². The Balaban J connectivity index is 1.65. The standard InChI is InChI=1S/C31H34N2O6/c1-4-5-19-36-26-15-13-24(14-16-26)31(35)39-27-17-18-28(33-32-25-11-7-6-8-12-25)29(22-27)37-20-9-10-21-38-30(34)23(2)3/h6-8,11-18,22H,2,4-5,9-10,19-21H2,1,3H3. The fourth-order valence-electron chi connectivity index (χ4n) is 3.22. The lowest BCUT2D eigenvalue weighted by atomic mass is 10.2. The fourth-order valence-corrected chi connectivity index (χ4v) is 3.22. The smallest absolute Gasteiger partial charge is 0.343 e. The maximum Gasteiger partial charge on any atom is 0.343 e. The van der Waals surface area contributed by atoms with Gasteiger partial charge in [-0.25, -0.2) is 9.59 Å². The van der Waals surface area contributed by atoms with Crippen LogP contribution in [0.15, 0.2) is 95.2 Å². The van der Waals surface area contributed by atoms with Crippen molar-refractivity contribution in [2.24, 2.45) is 10.2 Å². The van der Waals surface area contributed by atoms with Crippen molar-refractivity contribution in [3.63, 3.8) is 0 Å². The summed E-state index contributed by atoms with van der Waals surface area (Å²) in [7, 11) is 0. The summed E-state index contributed by atoms with van der Waals surface area (Å²) in [5.74, 6) is 0.524. The zero-order valence-electron chi connectivity index (χ0n) is 22.4. The average molecular weight is 531 g/mol. The van der Waals surface area contributed by atoms with Crippen molar-refractivity contribution in [3.8, 4) is 17.2 Å². The molecular formula is C31H34N2O6. The summed E-state index contributed by atoms with van der Waals surface area (Å²) in [6, 6.07) is 21.1. The topological polar surface area (TPSA) is 95.8 Å². The molecule has 39 heavy (non-hydrogen) atoms. The molecular weight excluding hydrogens is 496 g/mol. The number of carbonyl (C=O) groups excluding carboxylic acids is 2. The summed E-state index contributed by atoms with van der Waals surface area (Å²) in [6.45, 7) is 8.52. The van der Waals surface area contributed by atoms with Crippen LogP contribution in [0.4, 0.5) is 11.4 Å². The highest BCUT2D eigenvalue weighted by Gasteiger charge is 2.12. The van der Waals surface area contributed by atoms with Gasteiger partial charge in [-0.1, -0.05) is 38.1 Å². The normalized spacial score (nSPS) is 10.7. The molecule has 0 aliphatic rings. The zero-order valence-corrected chi connectivity index (χ0v) is 22.4. The molecule has 0 atom stereocenters. The molecule has 0 amide bonds. The highest BCUT2D eigenvalue weighted by atomic mass is 16.5. The third-order valence-electron chi connectivity index (χ3n) is 5.41. The molecule has 3 aromatic carbocycles. The number of hydrogen-bond donors (Lipinski definition) is 0. The van der Waals surface area contributed by atoms with Crippen LogP contribution in [0.5, 0.6) is 17.2 Å². The van der Waals surface area contributed by atoms with Gasteiger partial charge in [0, 0.05) is 11.6 Å². The summed E-state index contributed by atoms with van der Waals surface area (Å²) >= 11 is 0. The minimum atomic E-state index is -0.501. The first kappa shape index (κ1) is 29.1. The summed E-state index contributed by atoms with van der Waals surface area (Å²) in [6.07, 6.45) is 3.27. The van der Waals surface area contributed by atoms with E-state index in [9.17, 15) is 9.59 Å². The Kier molecular flexibility index (Phi) is 11.7. The van der Waals surface area contributed by atoms with Gasteiger partial charge in [0.25, 0.3) is 0 Å². The van der Waals surface area contributed by atoms with Gasteiger partial charge >= 0.3 is 11.9 Å². The van der Waals surface area contributed by atoms with Gasteiger partial charge in [-0.3, -0.25) is 0 Å². The molecule has 3 aromatic rings. The highest BCUT2D eigenvalue weighted by Crippen LogP contribution is 2.33. The molecule has 0 unspecified atom stereocenters. The number of nitrogens with zero attached hydrogens (tertiary/aromatic N) is 2. The number of ether oxygens (including phenoxy) is 4. The van der Waals surface area contributed by atoms with E-state index >= 15 is 0 Å². The number of unbranched alkanes of at least 4 members (excludes halogenated alkanes) is 2. The van der Waals surface area contributed by atoms with Crippen molar-refractivity contribution >= 4 is 23.3 Å². The van der Waals surface area contributed by atoms with E-state index in [0.717, 1.165) is 12.8 Å². The van der Waals surface area contributed by atoms with Gasteiger partial charge in [-0.05, 0) is 74.7 Å². The Morgan fingerprint density at radius 1 is 0.795 bits per heavy atom. The number of carbonyl (C=O) groups is 2. The Morgan fingerprint density at radius 3 is 2.21 bits per heavy atom. The first-order chi connectivity index (χ1) is 19.0. The molecule has 8 heteroatoms. The molecule has 0 saturated carbocycles. The summed E-state index contributed by atoms with van der Waals surface area (Å²) < 4.78 is 22.3. The van der Waals surface area contributed by atoms with E-state index in [1.54, 1.807) is 49.4 Å². The number of esters is 2. The van der Waals surface area contributed by atoms with Crippen LogP contribution < -0.4 is 14.2 Å². The average Bonchev–Trinajstić information content (AvgIpc) is 2.95. The van der Waals surface area contributed by atoms with E-state index in [-0.39, 0.29) is 6.61 Å². The van der Waals surface area contributed by atoms with Gasteiger partial charge in [0.2, 0.25) is 0 Å². The van der Waals surface area contributed by atoms with Gasteiger partial charge < -0.3 is 18.9 Å². The quantitative estimate of drug-likeness (QED) is 0.0654. The van der Waals surface area contributed by atoms with Gasteiger partial charge in [-0.15, -0.1) is 5.11 Å². The summed E-state index contributed by atoms with van der Waals surface area (Å²) in [5.41, 5.74) is 1.95. The molecule has 0 aliphatic heterocycles. The minimum Gasteiger partial charge on any atom is -0.494 e. The SMILES string of the molecule is C=C(C)C(=O)OCCCCOc1cc(OC(=O)c2ccc(OCCCC)cc2)ccc1N=Nc1ccccc1. The number of benzene rings is 3. The lowest BCUT2D eigenvalue weighted by Gasteiger charge is -2.11. The van der Waals surface area contributed by atoms with Gasteiger partial charge in [-0.2, -0.15) is 5.11 Å². The third kappa shape index (κ3) is 10.1. The Hall–Kier alpha value is -4.46. The molecule has 0 bridgehead atoms. The Labute approximate surface area is 229 Å². The number of hydrogen-bond acceptors (Lipinski definition) is 8. The van der Waals surface area contributed by atoms with Gasteiger partial charge in [0.1, 0.15) is 17.2 Å². The molecule has 204 valence electrons. The molecule has 0 N–H and O–H groups in total. The monoisotopic (exact) mass is 530 g/mol.